The van der Waals surface area contributed by atoms with Crippen molar-refractivity contribution in [3.05, 3.63) is 144 Å². The molecule has 6 nitrogen and oxygen atoms in total. The zero-order valence-corrected chi connectivity index (χ0v) is 26.5. The number of ether oxygens (including phenoxy) is 1. The molecule has 230 valence electrons. The molecule has 1 aliphatic heterocycles. The van der Waals surface area contributed by atoms with Crippen LogP contribution in [0.5, 0.6) is 0 Å². The lowest BCUT2D eigenvalue weighted by Crippen LogP contribution is -2.75. The highest BCUT2D eigenvalue weighted by atomic mass is 32.2. The lowest BCUT2D eigenvalue weighted by Gasteiger charge is -2.52. The van der Waals surface area contributed by atoms with E-state index in [1.54, 1.807) is 20.8 Å². The van der Waals surface area contributed by atoms with Crippen LogP contribution in [0.3, 0.4) is 0 Å². The predicted octanol–water partition coefficient (Wildman–Crippen LogP) is 5.74. The SMILES string of the molecule is CC(C)(C)OC(=O)C(O)N1C(=O)C(NC(c2ccccc2)(c2ccccc2)c2ccccc2)C1SCC#CCc1ccccc1. The van der Waals surface area contributed by atoms with Crippen LogP contribution < -0.4 is 5.32 Å². The number of rotatable bonds is 10. The normalized spacial score (nSPS) is 17.1. The molecule has 2 N–H and O–H groups in total. The van der Waals surface area contributed by atoms with Crippen molar-refractivity contribution >= 4 is 23.6 Å². The van der Waals surface area contributed by atoms with Crippen LogP contribution in [0.4, 0.5) is 0 Å². The van der Waals surface area contributed by atoms with Crippen molar-refractivity contribution in [3.8, 4) is 11.8 Å². The van der Waals surface area contributed by atoms with Gasteiger partial charge in [-0.25, -0.2) is 4.79 Å². The van der Waals surface area contributed by atoms with Gasteiger partial charge in [0.15, 0.2) is 0 Å². The molecule has 4 aromatic rings. The van der Waals surface area contributed by atoms with E-state index in [0.29, 0.717) is 12.2 Å². The molecule has 1 aliphatic rings. The Balaban J connectivity index is 1.50. The van der Waals surface area contributed by atoms with Gasteiger partial charge in [0.05, 0.1) is 11.3 Å². The fraction of sp³-hybridized carbons (Fsp3) is 0.263. The van der Waals surface area contributed by atoms with Crippen LogP contribution in [0, 0.1) is 11.8 Å². The summed E-state index contributed by atoms with van der Waals surface area (Å²) in [5, 5.41) is 14.2. The average Bonchev–Trinajstić information content (AvgIpc) is 3.05. The molecular weight excluding hydrogens is 580 g/mol. The lowest BCUT2D eigenvalue weighted by molar-refractivity contribution is -0.189. The smallest absolute Gasteiger partial charge is 0.357 e. The van der Waals surface area contributed by atoms with Crippen LogP contribution in [0.1, 0.15) is 43.0 Å². The molecular formula is C38H38N2O4S. The number of esters is 1. The van der Waals surface area contributed by atoms with E-state index in [-0.39, 0.29) is 0 Å². The van der Waals surface area contributed by atoms with E-state index in [4.69, 9.17) is 4.74 Å². The van der Waals surface area contributed by atoms with E-state index in [2.05, 4.69) is 17.2 Å². The Labute approximate surface area is 269 Å². The second-order valence-electron chi connectivity index (χ2n) is 11.8. The molecule has 0 aliphatic carbocycles. The first kappa shape index (κ1) is 32.1. The van der Waals surface area contributed by atoms with Crippen LogP contribution >= 0.6 is 11.8 Å². The van der Waals surface area contributed by atoms with Gasteiger partial charge in [0, 0.05) is 6.42 Å². The summed E-state index contributed by atoms with van der Waals surface area (Å²) >= 11 is 1.41. The Hall–Kier alpha value is -4.35. The van der Waals surface area contributed by atoms with E-state index in [1.807, 2.05) is 121 Å². The molecule has 4 aromatic carbocycles. The van der Waals surface area contributed by atoms with Crippen molar-refractivity contribution in [1.29, 1.82) is 0 Å². The Morgan fingerprint density at radius 3 is 1.76 bits per heavy atom. The summed E-state index contributed by atoms with van der Waals surface area (Å²) in [6.07, 6.45) is -1.14. The van der Waals surface area contributed by atoms with E-state index in [1.165, 1.54) is 16.7 Å². The molecule has 0 saturated carbocycles. The number of hydrogen-bond donors (Lipinski definition) is 2. The maximum Gasteiger partial charge on any atom is 0.357 e. The van der Waals surface area contributed by atoms with Crippen molar-refractivity contribution in [3.63, 3.8) is 0 Å². The molecule has 0 aromatic heterocycles. The van der Waals surface area contributed by atoms with Crippen molar-refractivity contribution in [2.75, 3.05) is 5.75 Å². The minimum absolute atomic E-state index is 0.393. The van der Waals surface area contributed by atoms with Gasteiger partial charge in [0.1, 0.15) is 17.0 Å². The molecule has 1 amide bonds. The number of carbonyl (C=O) groups excluding carboxylic acids is 2. The highest BCUT2D eigenvalue weighted by Crippen LogP contribution is 2.41. The number of carbonyl (C=O) groups is 2. The number of nitrogens with zero attached hydrogens (tertiary/aromatic N) is 1. The molecule has 1 saturated heterocycles. The molecule has 1 fully saturated rings. The number of amides is 1. The third-order valence-electron chi connectivity index (χ3n) is 7.54. The Kier molecular flexibility index (Phi) is 10.1. The minimum Gasteiger partial charge on any atom is -0.457 e. The Bertz CT molecular complexity index is 1530. The highest BCUT2D eigenvalue weighted by molar-refractivity contribution is 8.00. The first-order valence-electron chi connectivity index (χ1n) is 15.0. The van der Waals surface area contributed by atoms with E-state index in [0.717, 1.165) is 22.3 Å². The summed E-state index contributed by atoms with van der Waals surface area (Å²) in [6, 6.07) is 39.3. The summed E-state index contributed by atoms with van der Waals surface area (Å²) in [5.74, 6) is 5.55. The zero-order chi connectivity index (χ0) is 31.9. The summed E-state index contributed by atoms with van der Waals surface area (Å²) in [4.78, 5) is 28.1. The summed E-state index contributed by atoms with van der Waals surface area (Å²) in [5.41, 5.74) is 2.24. The number of nitrogens with one attached hydrogen (secondary N) is 1. The molecule has 5 rings (SSSR count). The quantitative estimate of drug-likeness (QED) is 0.102. The number of benzene rings is 4. The van der Waals surface area contributed by atoms with Crippen molar-refractivity contribution < 1.29 is 19.4 Å². The largest absolute Gasteiger partial charge is 0.457 e. The summed E-state index contributed by atoms with van der Waals surface area (Å²) < 4.78 is 5.45. The number of likely N-dealkylation sites (tertiary alicyclic amines) is 1. The molecule has 45 heavy (non-hydrogen) atoms. The van der Waals surface area contributed by atoms with Gasteiger partial charge in [-0.05, 0) is 43.0 Å². The highest BCUT2D eigenvalue weighted by Gasteiger charge is 2.56. The Morgan fingerprint density at radius 1 is 0.822 bits per heavy atom. The zero-order valence-electron chi connectivity index (χ0n) is 25.7. The van der Waals surface area contributed by atoms with Crippen LogP contribution in [0.25, 0.3) is 0 Å². The molecule has 3 unspecified atom stereocenters. The van der Waals surface area contributed by atoms with Gasteiger partial charge in [-0.1, -0.05) is 133 Å². The van der Waals surface area contributed by atoms with Crippen LogP contribution in [-0.4, -0.2) is 50.9 Å². The second-order valence-corrected chi connectivity index (χ2v) is 12.9. The van der Waals surface area contributed by atoms with E-state index >= 15 is 0 Å². The monoisotopic (exact) mass is 618 g/mol. The topological polar surface area (TPSA) is 78.9 Å². The van der Waals surface area contributed by atoms with E-state index < -0.39 is 40.7 Å². The lowest BCUT2D eigenvalue weighted by atomic mass is 9.76. The van der Waals surface area contributed by atoms with Gasteiger partial charge in [-0.15, -0.1) is 11.8 Å². The van der Waals surface area contributed by atoms with Gasteiger partial charge >= 0.3 is 5.97 Å². The fourth-order valence-electron chi connectivity index (χ4n) is 5.51. The van der Waals surface area contributed by atoms with Gasteiger partial charge in [0.2, 0.25) is 12.1 Å². The van der Waals surface area contributed by atoms with Gasteiger partial charge in [-0.2, -0.15) is 0 Å². The Morgan fingerprint density at radius 2 is 1.29 bits per heavy atom. The van der Waals surface area contributed by atoms with Gasteiger partial charge in [0.25, 0.3) is 0 Å². The van der Waals surface area contributed by atoms with E-state index in [9.17, 15) is 14.7 Å². The van der Waals surface area contributed by atoms with Crippen LogP contribution in [-0.2, 0) is 26.3 Å². The average molecular weight is 619 g/mol. The van der Waals surface area contributed by atoms with Crippen molar-refractivity contribution in [2.45, 2.75) is 56.0 Å². The molecule has 0 radical (unpaired) electrons. The number of aliphatic hydroxyl groups is 1. The van der Waals surface area contributed by atoms with Crippen molar-refractivity contribution in [1.82, 2.24) is 10.2 Å². The summed E-state index contributed by atoms with van der Waals surface area (Å²) in [6.45, 7) is 5.17. The van der Waals surface area contributed by atoms with Gasteiger partial charge in [-0.3, -0.25) is 15.0 Å². The number of aliphatic hydroxyl groups excluding tert-OH is 1. The molecule has 7 heteroatoms. The second kappa shape index (κ2) is 14.2. The summed E-state index contributed by atoms with van der Waals surface area (Å²) in [7, 11) is 0. The maximum atomic E-state index is 14.0. The first-order chi connectivity index (χ1) is 21.7. The number of β-lactam (4-membered cyclic amide) rings is 1. The minimum atomic E-state index is -1.75. The maximum absolute atomic E-state index is 14.0. The van der Waals surface area contributed by atoms with Crippen LogP contribution in [0.15, 0.2) is 121 Å². The van der Waals surface area contributed by atoms with Gasteiger partial charge < -0.3 is 9.84 Å². The number of thioether (sulfide) groups is 1. The standard InChI is InChI=1S/C38H38N2O4S/c1-37(2,3)44-36(43)34(42)40-33(41)32(35(40)45-27-17-16-20-28-18-8-4-9-19-28)39-38(29-21-10-5-11-22-29,30-23-12-6-13-24-30)31-25-14-7-15-26-31/h4-15,18-19,21-26,32,34-35,39,42H,20,27H2,1-3H3. The third kappa shape index (κ3) is 7.32. The number of hydrogen-bond acceptors (Lipinski definition) is 6. The first-order valence-corrected chi connectivity index (χ1v) is 16.0. The van der Waals surface area contributed by atoms with Crippen molar-refractivity contribution in [2.24, 2.45) is 0 Å². The molecule has 3 atom stereocenters. The molecule has 0 bridgehead atoms. The van der Waals surface area contributed by atoms with Crippen LogP contribution in [0.2, 0.25) is 0 Å². The molecule has 0 spiro atoms. The predicted molar refractivity (Wildman–Crippen MR) is 179 cm³/mol. The fourth-order valence-corrected chi connectivity index (χ4v) is 6.62. The molecule has 1 heterocycles. The third-order valence-corrected chi connectivity index (χ3v) is 8.69.